The zero-order valence-corrected chi connectivity index (χ0v) is 16.8. The van der Waals surface area contributed by atoms with E-state index < -0.39 is 11.6 Å². The number of nitrogen functional groups attached to an aromatic ring is 1. The lowest BCUT2D eigenvalue weighted by molar-refractivity contribution is -0.119. The zero-order chi connectivity index (χ0) is 22.7. The highest BCUT2D eigenvalue weighted by Gasteiger charge is 2.19. The van der Waals surface area contributed by atoms with Crippen LogP contribution in [0.2, 0.25) is 0 Å². The van der Waals surface area contributed by atoms with Gasteiger partial charge >= 0.3 is 0 Å². The lowest BCUT2D eigenvalue weighted by atomic mass is 10.0. The lowest BCUT2D eigenvalue weighted by Gasteiger charge is -2.10. The molecule has 32 heavy (non-hydrogen) atoms. The van der Waals surface area contributed by atoms with E-state index in [0.29, 0.717) is 16.8 Å². The Morgan fingerprint density at radius 2 is 1.94 bits per heavy atom. The Morgan fingerprint density at radius 1 is 1.16 bits per heavy atom. The number of nitrogens with zero attached hydrogens (tertiary/aromatic N) is 5. The van der Waals surface area contributed by atoms with Gasteiger partial charge in [0.1, 0.15) is 18.1 Å². The lowest BCUT2D eigenvalue weighted by Crippen LogP contribution is -2.16. The van der Waals surface area contributed by atoms with Crippen LogP contribution < -0.4 is 11.1 Å². The number of nitrogens with two attached hydrogens (primary N) is 1. The molecular weight excluding hydrogens is 420 g/mol. The minimum atomic E-state index is -1.09. The normalized spacial score (nSPS) is 10.8. The number of rotatable bonds is 6. The van der Waals surface area contributed by atoms with Crippen LogP contribution in [0.5, 0.6) is 0 Å². The van der Waals surface area contributed by atoms with Crippen molar-refractivity contribution in [1.29, 1.82) is 0 Å². The number of pyridine rings is 1. The molecule has 3 N–H and O–H groups in total. The summed E-state index contributed by atoms with van der Waals surface area (Å²) in [6.07, 6.45) is 1.56. The molecule has 1 amide bonds. The summed E-state index contributed by atoms with van der Waals surface area (Å²) < 4.78 is 33.9. The molecule has 0 saturated heterocycles. The average Bonchev–Trinajstić information content (AvgIpc) is 3.26. The van der Waals surface area contributed by atoms with Crippen LogP contribution in [-0.4, -0.2) is 44.8 Å². The quantitative estimate of drug-likeness (QED) is 0.476. The van der Waals surface area contributed by atoms with E-state index in [1.165, 1.54) is 19.2 Å². The molecule has 0 saturated carbocycles. The summed E-state index contributed by atoms with van der Waals surface area (Å²) in [6.45, 7) is -0.0480. The number of carbonyl (C=O) groups excluding carboxylic acids is 1. The van der Waals surface area contributed by atoms with E-state index in [1.54, 1.807) is 36.5 Å². The monoisotopic (exact) mass is 437 g/mol. The Balaban J connectivity index is 1.69. The number of benzene rings is 2. The first-order chi connectivity index (χ1) is 15.5. The minimum absolute atomic E-state index is 0.0480. The summed E-state index contributed by atoms with van der Waals surface area (Å²) in [7, 11) is 1.44. The summed E-state index contributed by atoms with van der Waals surface area (Å²) in [4.78, 5) is 15.8. The van der Waals surface area contributed by atoms with Crippen LogP contribution in [0.1, 0.15) is 0 Å². The van der Waals surface area contributed by atoms with Gasteiger partial charge < -0.3 is 15.8 Å². The van der Waals surface area contributed by atoms with Crippen molar-refractivity contribution in [3.05, 3.63) is 66.4 Å². The van der Waals surface area contributed by atoms with E-state index >= 15 is 0 Å². The van der Waals surface area contributed by atoms with Gasteiger partial charge in [-0.1, -0.05) is 18.2 Å². The molecule has 2 aromatic carbocycles. The van der Waals surface area contributed by atoms with E-state index in [4.69, 9.17) is 10.5 Å². The Hall–Kier alpha value is -4.25. The first-order valence-corrected chi connectivity index (χ1v) is 9.36. The van der Waals surface area contributed by atoms with Gasteiger partial charge in [0.05, 0.1) is 5.56 Å². The van der Waals surface area contributed by atoms with Crippen LogP contribution in [-0.2, 0) is 9.53 Å². The van der Waals surface area contributed by atoms with Crippen molar-refractivity contribution < 1.29 is 18.3 Å². The number of tetrazole rings is 1. The third-order valence-electron chi connectivity index (χ3n) is 4.57. The fourth-order valence-corrected chi connectivity index (χ4v) is 3.06. The largest absolute Gasteiger partial charge is 0.383 e. The van der Waals surface area contributed by atoms with Gasteiger partial charge in [-0.2, -0.15) is 4.68 Å². The van der Waals surface area contributed by atoms with Crippen LogP contribution in [0.15, 0.2) is 54.7 Å². The molecule has 0 unspecified atom stereocenters. The molecule has 0 spiro atoms. The molecule has 0 bridgehead atoms. The number of hydrogen-bond donors (Lipinski definition) is 2. The van der Waals surface area contributed by atoms with Crippen molar-refractivity contribution in [2.24, 2.45) is 0 Å². The summed E-state index contributed by atoms with van der Waals surface area (Å²) in [5.41, 5.74) is 8.27. The van der Waals surface area contributed by atoms with E-state index in [0.717, 1.165) is 16.3 Å². The van der Waals surface area contributed by atoms with Crippen LogP contribution in [0.3, 0.4) is 0 Å². The first kappa shape index (κ1) is 21.0. The van der Waals surface area contributed by atoms with Crippen molar-refractivity contribution in [3.8, 4) is 28.2 Å². The van der Waals surface area contributed by atoms with Crippen molar-refractivity contribution in [2.75, 3.05) is 24.8 Å². The maximum atomic E-state index is 14.3. The minimum Gasteiger partial charge on any atom is -0.383 e. The smallest absolute Gasteiger partial charge is 0.250 e. The van der Waals surface area contributed by atoms with Gasteiger partial charge in [0.2, 0.25) is 5.91 Å². The highest BCUT2D eigenvalue weighted by atomic mass is 19.2. The number of hydrogen-bond acceptors (Lipinski definition) is 7. The number of anilines is 2. The van der Waals surface area contributed by atoms with E-state index in [2.05, 4.69) is 25.8 Å². The molecule has 2 heterocycles. The Kier molecular flexibility index (Phi) is 5.81. The van der Waals surface area contributed by atoms with Gasteiger partial charge in [0.15, 0.2) is 17.5 Å². The Morgan fingerprint density at radius 3 is 2.69 bits per heavy atom. The average molecular weight is 437 g/mol. The topological polar surface area (TPSA) is 121 Å². The fraction of sp³-hybridized carbons (Fsp3) is 0.0952. The highest BCUT2D eigenvalue weighted by molar-refractivity contribution is 5.92. The molecule has 4 aromatic rings. The van der Waals surface area contributed by atoms with Crippen molar-refractivity contribution in [3.63, 3.8) is 0 Å². The summed E-state index contributed by atoms with van der Waals surface area (Å²) in [6, 6.07) is 12.4. The summed E-state index contributed by atoms with van der Waals surface area (Å²) in [5.74, 6) is -2.17. The number of ether oxygens (including phenoxy) is 1. The molecule has 4 rings (SSSR count). The van der Waals surface area contributed by atoms with Gasteiger partial charge in [-0.3, -0.25) is 4.79 Å². The molecule has 11 heteroatoms. The van der Waals surface area contributed by atoms with E-state index in [-0.39, 0.29) is 29.8 Å². The van der Waals surface area contributed by atoms with Gasteiger partial charge in [0.25, 0.3) is 0 Å². The van der Waals surface area contributed by atoms with Crippen molar-refractivity contribution >= 4 is 17.4 Å². The van der Waals surface area contributed by atoms with Gasteiger partial charge in [0, 0.05) is 24.6 Å². The number of amides is 1. The van der Waals surface area contributed by atoms with E-state index in [9.17, 15) is 13.6 Å². The predicted molar refractivity (Wildman–Crippen MR) is 113 cm³/mol. The van der Waals surface area contributed by atoms with E-state index in [1.807, 2.05) is 0 Å². The molecule has 0 fully saturated rings. The predicted octanol–water partition coefficient (Wildman–Crippen LogP) is 2.84. The number of methoxy groups -OCH3 is 1. The molecule has 162 valence electrons. The Labute approximate surface area is 180 Å². The first-order valence-electron chi connectivity index (χ1n) is 9.36. The number of nitrogens with one attached hydrogen (secondary N) is 1. The molecule has 0 aliphatic heterocycles. The second-order valence-corrected chi connectivity index (χ2v) is 6.70. The molecular formula is C21H17F2N7O2. The standard InChI is InChI=1S/C21H17F2N7O2/c1-32-11-18(31)26-14-7-5-12(6-8-14)13-9-15(20(24)25-10-13)21-27-28-29-30(21)17-4-2-3-16(22)19(17)23/h2-10H,11H2,1H3,(H2,24,25)(H,26,31). The van der Waals surface area contributed by atoms with Crippen LogP contribution >= 0.6 is 0 Å². The number of halogens is 2. The van der Waals surface area contributed by atoms with Crippen molar-refractivity contribution in [2.45, 2.75) is 0 Å². The number of carbonyl (C=O) groups is 1. The highest BCUT2D eigenvalue weighted by Crippen LogP contribution is 2.30. The Bertz CT molecular complexity index is 1280. The van der Waals surface area contributed by atoms with Crippen LogP contribution in [0, 0.1) is 11.6 Å². The zero-order valence-electron chi connectivity index (χ0n) is 16.8. The third-order valence-corrected chi connectivity index (χ3v) is 4.57. The SMILES string of the molecule is COCC(=O)Nc1ccc(-c2cnc(N)c(-c3nnnn3-c3cccc(F)c3F)c2)cc1. The fourth-order valence-electron chi connectivity index (χ4n) is 3.06. The van der Waals surface area contributed by atoms with Crippen LogP contribution in [0.4, 0.5) is 20.3 Å². The summed E-state index contributed by atoms with van der Waals surface area (Å²) >= 11 is 0. The van der Waals surface area contributed by atoms with Gasteiger partial charge in [-0.25, -0.2) is 13.8 Å². The molecule has 0 aliphatic rings. The molecule has 0 atom stereocenters. The second kappa shape index (κ2) is 8.86. The number of aromatic nitrogens is 5. The van der Waals surface area contributed by atoms with Crippen LogP contribution in [0.25, 0.3) is 28.2 Å². The molecule has 0 radical (unpaired) electrons. The maximum Gasteiger partial charge on any atom is 0.250 e. The molecule has 9 nitrogen and oxygen atoms in total. The second-order valence-electron chi connectivity index (χ2n) is 6.70. The molecule has 0 aliphatic carbocycles. The maximum absolute atomic E-state index is 14.3. The molecule has 2 aromatic heterocycles. The van der Waals surface area contributed by atoms with Gasteiger partial charge in [-0.15, -0.1) is 5.10 Å². The third kappa shape index (κ3) is 4.14. The summed E-state index contributed by atoms with van der Waals surface area (Å²) in [5, 5.41) is 14.0. The van der Waals surface area contributed by atoms with Crippen molar-refractivity contribution in [1.82, 2.24) is 25.2 Å². The van der Waals surface area contributed by atoms with Gasteiger partial charge in [-0.05, 0) is 46.3 Å².